The smallest absolute Gasteiger partial charge is 0.224 e. The molecule has 0 saturated heterocycles. The number of aliphatic hydroxyl groups excluding tert-OH is 1. The largest absolute Gasteiger partial charge is 0.388 e. The molecule has 0 fully saturated rings. The van der Waals surface area contributed by atoms with E-state index in [1.807, 2.05) is 31.2 Å². The molecular weight excluding hydrogens is 319 g/mol. The van der Waals surface area contributed by atoms with E-state index in [9.17, 15) is 14.3 Å². The first-order chi connectivity index (χ1) is 12.0. The Labute approximate surface area is 146 Å². The second kappa shape index (κ2) is 8.95. The lowest BCUT2D eigenvalue weighted by Gasteiger charge is -2.18. The van der Waals surface area contributed by atoms with Crippen LogP contribution in [-0.4, -0.2) is 17.1 Å². The first-order valence-corrected chi connectivity index (χ1v) is 8.16. The molecule has 0 heterocycles. The predicted molar refractivity (Wildman–Crippen MR) is 93.0 cm³/mol. The Morgan fingerprint density at radius 1 is 1.20 bits per heavy atom. The third kappa shape index (κ3) is 5.70. The van der Waals surface area contributed by atoms with Crippen LogP contribution in [0.25, 0.3) is 0 Å². The van der Waals surface area contributed by atoms with Crippen LogP contribution in [0.5, 0.6) is 0 Å². The van der Waals surface area contributed by atoms with Crippen molar-refractivity contribution in [3.63, 3.8) is 0 Å². The average Bonchev–Trinajstić information content (AvgIpc) is 2.57. The SMILES string of the molecule is CC(CC(O)c1ccc(F)cc1)NC(=O)Cc1ccccc1CC#N. The summed E-state index contributed by atoms with van der Waals surface area (Å²) in [6.07, 6.45) is 0.00992. The van der Waals surface area contributed by atoms with Gasteiger partial charge in [-0.05, 0) is 42.2 Å². The number of aliphatic hydroxyl groups is 1. The predicted octanol–water partition coefficient (Wildman–Crippen LogP) is 3.06. The van der Waals surface area contributed by atoms with Crippen LogP contribution in [0.3, 0.4) is 0 Å². The van der Waals surface area contributed by atoms with E-state index in [0.717, 1.165) is 11.1 Å². The topological polar surface area (TPSA) is 73.1 Å². The number of rotatable bonds is 7. The van der Waals surface area contributed by atoms with Crippen molar-refractivity contribution in [1.29, 1.82) is 5.26 Å². The van der Waals surface area contributed by atoms with Crippen molar-refractivity contribution >= 4 is 5.91 Å². The fourth-order valence-corrected chi connectivity index (χ4v) is 2.70. The van der Waals surface area contributed by atoms with Crippen molar-refractivity contribution in [3.8, 4) is 6.07 Å². The van der Waals surface area contributed by atoms with Gasteiger partial charge in [0.05, 0.1) is 25.0 Å². The maximum Gasteiger partial charge on any atom is 0.224 e. The monoisotopic (exact) mass is 340 g/mol. The molecule has 5 heteroatoms. The van der Waals surface area contributed by atoms with Gasteiger partial charge >= 0.3 is 0 Å². The molecule has 2 rings (SSSR count). The maximum atomic E-state index is 12.9. The Bertz CT molecular complexity index is 753. The second-order valence-electron chi connectivity index (χ2n) is 6.05. The molecule has 2 unspecified atom stereocenters. The lowest BCUT2D eigenvalue weighted by Crippen LogP contribution is -2.35. The van der Waals surface area contributed by atoms with E-state index in [1.165, 1.54) is 24.3 Å². The molecule has 1 amide bonds. The summed E-state index contributed by atoms with van der Waals surface area (Å²) in [7, 11) is 0. The zero-order valence-electron chi connectivity index (χ0n) is 14.1. The van der Waals surface area contributed by atoms with Gasteiger partial charge in [-0.15, -0.1) is 0 Å². The normalized spacial score (nSPS) is 12.9. The van der Waals surface area contributed by atoms with E-state index in [1.54, 1.807) is 0 Å². The highest BCUT2D eigenvalue weighted by molar-refractivity contribution is 5.79. The first kappa shape index (κ1) is 18.6. The van der Waals surface area contributed by atoms with E-state index < -0.39 is 6.10 Å². The van der Waals surface area contributed by atoms with E-state index >= 15 is 0 Å². The summed E-state index contributed by atoms with van der Waals surface area (Å²) in [5.41, 5.74) is 2.29. The zero-order chi connectivity index (χ0) is 18.2. The number of hydrogen-bond donors (Lipinski definition) is 2. The molecular formula is C20H21FN2O2. The Morgan fingerprint density at radius 2 is 1.84 bits per heavy atom. The fourth-order valence-electron chi connectivity index (χ4n) is 2.70. The van der Waals surface area contributed by atoms with Gasteiger partial charge in [0.1, 0.15) is 5.82 Å². The van der Waals surface area contributed by atoms with Gasteiger partial charge in [-0.3, -0.25) is 4.79 Å². The Hall–Kier alpha value is -2.71. The van der Waals surface area contributed by atoms with Gasteiger partial charge in [-0.25, -0.2) is 4.39 Å². The van der Waals surface area contributed by atoms with E-state index in [0.29, 0.717) is 12.0 Å². The van der Waals surface area contributed by atoms with Gasteiger partial charge in [0.15, 0.2) is 0 Å². The zero-order valence-corrected chi connectivity index (χ0v) is 14.1. The van der Waals surface area contributed by atoms with Crippen LogP contribution < -0.4 is 5.32 Å². The third-order valence-corrected chi connectivity index (χ3v) is 3.98. The number of hydrogen-bond acceptors (Lipinski definition) is 3. The molecule has 130 valence electrons. The molecule has 0 aliphatic heterocycles. The molecule has 0 spiro atoms. The molecule has 0 radical (unpaired) electrons. The van der Waals surface area contributed by atoms with Gasteiger partial charge < -0.3 is 10.4 Å². The summed E-state index contributed by atoms with van der Waals surface area (Å²) in [5.74, 6) is -0.516. The van der Waals surface area contributed by atoms with Gasteiger partial charge in [0.2, 0.25) is 5.91 Å². The van der Waals surface area contributed by atoms with E-state index in [2.05, 4.69) is 11.4 Å². The van der Waals surface area contributed by atoms with Crippen molar-refractivity contribution in [2.24, 2.45) is 0 Å². The third-order valence-electron chi connectivity index (χ3n) is 3.98. The quantitative estimate of drug-likeness (QED) is 0.813. The molecule has 25 heavy (non-hydrogen) atoms. The van der Waals surface area contributed by atoms with Gasteiger partial charge in [0, 0.05) is 6.04 Å². The van der Waals surface area contributed by atoms with Crippen LogP contribution in [0.2, 0.25) is 0 Å². The summed E-state index contributed by atoms with van der Waals surface area (Å²) in [6.45, 7) is 1.81. The van der Waals surface area contributed by atoms with Crippen molar-refractivity contribution in [1.82, 2.24) is 5.32 Å². The number of benzene rings is 2. The number of nitrogens with one attached hydrogen (secondary N) is 1. The molecule has 2 atom stereocenters. The summed E-state index contributed by atoms with van der Waals surface area (Å²) in [5, 5.41) is 21.9. The van der Waals surface area contributed by atoms with Crippen molar-refractivity contribution in [3.05, 3.63) is 71.0 Å². The van der Waals surface area contributed by atoms with Crippen LogP contribution in [0.4, 0.5) is 4.39 Å². The number of carbonyl (C=O) groups is 1. The summed E-state index contributed by atoms with van der Waals surface area (Å²) >= 11 is 0. The minimum Gasteiger partial charge on any atom is -0.388 e. The summed E-state index contributed by atoms with van der Waals surface area (Å²) in [6, 6.07) is 14.9. The van der Waals surface area contributed by atoms with Gasteiger partial charge in [-0.2, -0.15) is 5.26 Å². The van der Waals surface area contributed by atoms with Crippen LogP contribution in [0.15, 0.2) is 48.5 Å². The lowest BCUT2D eigenvalue weighted by atomic mass is 10.0. The van der Waals surface area contributed by atoms with Gasteiger partial charge in [0.25, 0.3) is 0 Å². The molecule has 0 aromatic heterocycles. The second-order valence-corrected chi connectivity index (χ2v) is 6.05. The van der Waals surface area contributed by atoms with Gasteiger partial charge in [-0.1, -0.05) is 36.4 Å². The van der Waals surface area contributed by atoms with E-state index in [4.69, 9.17) is 5.26 Å². The first-order valence-electron chi connectivity index (χ1n) is 8.16. The lowest BCUT2D eigenvalue weighted by molar-refractivity contribution is -0.121. The van der Waals surface area contributed by atoms with Crippen LogP contribution in [0, 0.1) is 17.1 Å². The van der Waals surface area contributed by atoms with Crippen molar-refractivity contribution in [2.45, 2.75) is 38.3 Å². The molecule has 0 aliphatic carbocycles. The fraction of sp³-hybridized carbons (Fsp3) is 0.300. The molecule has 0 aliphatic rings. The number of nitriles is 1. The summed E-state index contributed by atoms with van der Waals surface area (Å²) in [4.78, 5) is 12.2. The Kier molecular flexibility index (Phi) is 6.67. The highest BCUT2D eigenvalue weighted by atomic mass is 19.1. The average molecular weight is 340 g/mol. The number of halogens is 1. The van der Waals surface area contributed by atoms with E-state index in [-0.39, 0.29) is 30.6 Å². The van der Waals surface area contributed by atoms with Crippen LogP contribution in [-0.2, 0) is 17.6 Å². The Balaban J connectivity index is 1.90. The highest BCUT2D eigenvalue weighted by Gasteiger charge is 2.15. The highest BCUT2D eigenvalue weighted by Crippen LogP contribution is 2.19. The van der Waals surface area contributed by atoms with Crippen LogP contribution >= 0.6 is 0 Å². The standard InChI is InChI=1S/C20H21FN2O2/c1-14(12-19(24)16-6-8-18(21)9-7-16)23-20(25)13-17-5-3-2-4-15(17)10-11-22/h2-9,14,19,24H,10,12-13H2,1H3,(H,23,25). The molecule has 2 aromatic rings. The molecule has 0 saturated carbocycles. The number of amides is 1. The van der Waals surface area contributed by atoms with Crippen molar-refractivity contribution < 1.29 is 14.3 Å². The molecule has 4 nitrogen and oxygen atoms in total. The summed E-state index contributed by atoms with van der Waals surface area (Å²) < 4.78 is 12.9. The minimum absolute atomic E-state index is 0.163. The number of carbonyl (C=O) groups excluding carboxylic acids is 1. The van der Waals surface area contributed by atoms with Crippen molar-refractivity contribution in [2.75, 3.05) is 0 Å². The van der Waals surface area contributed by atoms with Crippen LogP contribution in [0.1, 0.15) is 36.1 Å². The molecule has 0 bridgehead atoms. The number of nitrogens with zero attached hydrogens (tertiary/aromatic N) is 1. The molecule has 2 aromatic carbocycles. The molecule has 2 N–H and O–H groups in total. The Morgan fingerprint density at radius 3 is 2.48 bits per heavy atom. The minimum atomic E-state index is -0.776. The maximum absolute atomic E-state index is 12.9.